The number of rotatable bonds is 11. The van der Waals surface area contributed by atoms with Crippen LogP contribution in [-0.2, 0) is 0 Å². The van der Waals surface area contributed by atoms with Gasteiger partial charge in [-0.15, -0.1) is 0 Å². The number of hydrogen-bond donors (Lipinski definition) is 0. The van der Waals surface area contributed by atoms with Crippen molar-refractivity contribution < 1.29 is 0 Å². The summed E-state index contributed by atoms with van der Waals surface area (Å²) in [6, 6.07) is 95.5. The second kappa shape index (κ2) is 17.6. The normalized spacial score (nSPS) is 10.9. The molecule has 0 aromatic heterocycles. The lowest BCUT2D eigenvalue weighted by molar-refractivity contribution is 1.28. The minimum absolute atomic E-state index is 1.09. The minimum Gasteiger partial charge on any atom is -0.311 e. The summed E-state index contributed by atoms with van der Waals surface area (Å²) < 4.78 is 0. The Balaban J connectivity index is 0.998. The van der Waals surface area contributed by atoms with Gasteiger partial charge in [0.2, 0.25) is 0 Å². The molecular formula is C60H44N2. The molecule has 2 heteroatoms. The molecule has 0 aliphatic rings. The van der Waals surface area contributed by atoms with Gasteiger partial charge in [-0.05, 0) is 134 Å². The lowest BCUT2D eigenvalue weighted by Crippen LogP contribution is -2.10. The van der Waals surface area contributed by atoms with Crippen LogP contribution in [0.4, 0.5) is 34.1 Å². The van der Waals surface area contributed by atoms with Crippen LogP contribution in [0.1, 0.15) is 0 Å². The molecule has 0 fully saturated rings. The van der Waals surface area contributed by atoms with E-state index in [2.05, 4.69) is 277 Å². The molecule has 0 spiro atoms. The topological polar surface area (TPSA) is 6.48 Å². The molecular weight excluding hydrogens is 749 g/mol. The SMILES string of the molecule is c1ccc(-c2ccc(N(c3ccccc3)c3ccc(-c4cccc(-c5ccc(N(c6ccccc6)c6ccc(-c7ccccc7)cc6)cc5-c5ccccc5)c4)cc3)cc2)cc1. The van der Waals surface area contributed by atoms with Gasteiger partial charge in [0.15, 0.2) is 0 Å². The molecule has 0 N–H and O–H groups in total. The maximum absolute atomic E-state index is 2.35. The van der Waals surface area contributed by atoms with Crippen molar-refractivity contribution in [2.45, 2.75) is 0 Å². The molecule has 0 aliphatic heterocycles. The molecule has 0 unspecified atom stereocenters. The lowest BCUT2D eigenvalue weighted by Gasteiger charge is -2.27. The van der Waals surface area contributed by atoms with Crippen molar-refractivity contribution in [2.75, 3.05) is 9.80 Å². The van der Waals surface area contributed by atoms with Crippen molar-refractivity contribution in [3.05, 3.63) is 267 Å². The molecule has 0 radical (unpaired) electrons. The third-order valence-corrected chi connectivity index (χ3v) is 11.5. The summed E-state index contributed by atoms with van der Waals surface area (Å²) in [7, 11) is 0. The van der Waals surface area contributed by atoms with Gasteiger partial charge in [0, 0.05) is 34.1 Å². The van der Waals surface area contributed by atoms with Crippen LogP contribution in [0.5, 0.6) is 0 Å². The quantitative estimate of drug-likeness (QED) is 0.129. The maximum Gasteiger partial charge on any atom is 0.0468 e. The van der Waals surface area contributed by atoms with Crippen LogP contribution in [0.3, 0.4) is 0 Å². The Hall–Kier alpha value is -8.20. The zero-order chi connectivity index (χ0) is 41.5. The van der Waals surface area contributed by atoms with E-state index in [4.69, 9.17) is 0 Å². The third-order valence-electron chi connectivity index (χ3n) is 11.5. The molecule has 294 valence electrons. The Labute approximate surface area is 364 Å². The molecule has 0 aliphatic carbocycles. The van der Waals surface area contributed by atoms with Gasteiger partial charge >= 0.3 is 0 Å². The Morgan fingerprint density at radius 2 is 0.468 bits per heavy atom. The van der Waals surface area contributed by atoms with E-state index in [0.29, 0.717) is 0 Å². The standard InChI is InChI=1S/C60H44N2/c1-6-17-45(18-7-1)47-29-35-55(36-30-47)61(53-25-12-4-13-26-53)56-39-33-49(34-40-56)51-23-16-24-52(43-51)59-42-41-58(44-60(59)50-21-10-3-11-22-50)62(54-27-14-5-15-28-54)57-37-31-48(32-38-57)46-19-8-2-9-20-46/h1-44H. The van der Waals surface area contributed by atoms with Crippen molar-refractivity contribution in [2.24, 2.45) is 0 Å². The predicted molar refractivity (Wildman–Crippen MR) is 263 cm³/mol. The van der Waals surface area contributed by atoms with Gasteiger partial charge in [0.05, 0.1) is 0 Å². The Morgan fingerprint density at radius 3 is 0.919 bits per heavy atom. The number of benzene rings is 10. The van der Waals surface area contributed by atoms with E-state index in [0.717, 1.165) is 39.7 Å². The van der Waals surface area contributed by atoms with Crippen LogP contribution < -0.4 is 9.80 Å². The first-order valence-corrected chi connectivity index (χ1v) is 21.2. The second-order valence-corrected chi connectivity index (χ2v) is 15.4. The van der Waals surface area contributed by atoms with Crippen molar-refractivity contribution in [1.29, 1.82) is 0 Å². The highest BCUT2D eigenvalue weighted by atomic mass is 15.1. The van der Waals surface area contributed by atoms with Crippen LogP contribution in [0.2, 0.25) is 0 Å². The van der Waals surface area contributed by atoms with Crippen molar-refractivity contribution >= 4 is 34.1 Å². The molecule has 0 bridgehead atoms. The minimum atomic E-state index is 1.09. The average Bonchev–Trinajstić information content (AvgIpc) is 3.36. The summed E-state index contributed by atoms with van der Waals surface area (Å²) in [4.78, 5) is 4.67. The first-order valence-electron chi connectivity index (χ1n) is 21.2. The molecule has 10 rings (SSSR count). The van der Waals surface area contributed by atoms with Gasteiger partial charge < -0.3 is 9.80 Å². The summed E-state index contributed by atoms with van der Waals surface area (Å²) in [5.74, 6) is 0. The number of para-hydroxylation sites is 2. The Morgan fingerprint density at radius 1 is 0.161 bits per heavy atom. The molecule has 0 saturated heterocycles. The molecule has 2 nitrogen and oxygen atoms in total. The largest absolute Gasteiger partial charge is 0.311 e. The molecule has 0 amide bonds. The van der Waals surface area contributed by atoms with Crippen molar-refractivity contribution in [3.8, 4) is 55.6 Å². The van der Waals surface area contributed by atoms with Gasteiger partial charge in [-0.1, -0.05) is 188 Å². The highest BCUT2D eigenvalue weighted by Crippen LogP contribution is 2.42. The zero-order valence-corrected chi connectivity index (χ0v) is 34.3. The summed E-state index contributed by atoms with van der Waals surface area (Å²) >= 11 is 0. The molecule has 0 saturated carbocycles. The van der Waals surface area contributed by atoms with E-state index in [1.165, 1.54) is 50.1 Å². The van der Waals surface area contributed by atoms with E-state index < -0.39 is 0 Å². The average molecular weight is 793 g/mol. The second-order valence-electron chi connectivity index (χ2n) is 15.4. The van der Waals surface area contributed by atoms with Gasteiger partial charge in [-0.3, -0.25) is 0 Å². The molecule has 0 heterocycles. The highest BCUT2D eigenvalue weighted by Gasteiger charge is 2.18. The summed E-state index contributed by atoms with van der Waals surface area (Å²) in [6.45, 7) is 0. The van der Waals surface area contributed by atoms with E-state index in [1.807, 2.05) is 0 Å². The van der Waals surface area contributed by atoms with Crippen LogP contribution in [0.15, 0.2) is 267 Å². The number of hydrogen-bond acceptors (Lipinski definition) is 2. The van der Waals surface area contributed by atoms with Crippen molar-refractivity contribution in [3.63, 3.8) is 0 Å². The van der Waals surface area contributed by atoms with Crippen LogP contribution >= 0.6 is 0 Å². The van der Waals surface area contributed by atoms with E-state index in [-0.39, 0.29) is 0 Å². The van der Waals surface area contributed by atoms with Gasteiger partial charge in [-0.2, -0.15) is 0 Å². The molecule has 10 aromatic carbocycles. The fraction of sp³-hybridized carbons (Fsp3) is 0. The molecule has 0 atom stereocenters. The number of nitrogens with zero attached hydrogens (tertiary/aromatic N) is 2. The monoisotopic (exact) mass is 792 g/mol. The fourth-order valence-electron chi connectivity index (χ4n) is 8.36. The summed E-state index contributed by atoms with van der Waals surface area (Å²) in [5.41, 5.74) is 18.5. The van der Waals surface area contributed by atoms with Gasteiger partial charge in [-0.25, -0.2) is 0 Å². The van der Waals surface area contributed by atoms with E-state index in [9.17, 15) is 0 Å². The zero-order valence-electron chi connectivity index (χ0n) is 34.3. The smallest absolute Gasteiger partial charge is 0.0468 e. The molecule has 62 heavy (non-hydrogen) atoms. The summed E-state index contributed by atoms with van der Waals surface area (Å²) in [5, 5.41) is 0. The lowest BCUT2D eigenvalue weighted by atomic mass is 9.91. The third kappa shape index (κ3) is 8.06. The maximum atomic E-state index is 2.35. The fourth-order valence-corrected chi connectivity index (χ4v) is 8.36. The first kappa shape index (κ1) is 38.0. The van der Waals surface area contributed by atoms with Crippen LogP contribution in [-0.4, -0.2) is 0 Å². The molecule has 10 aromatic rings. The summed E-state index contributed by atoms with van der Waals surface area (Å²) in [6.07, 6.45) is 0. The van der Waals surface area contributed by atoms with Crippen LogP contribution in [0, 0.1) is 0 Å². The Kier molecular flexibility index (Phi) is 10.8. The highest BCUT2D eigenvalue weighted by molar-refractivity contribution is 5.90. The predicted octanol–water partition coefficient (Wildman–Crippen LogP) is 17.0. The number of anilines is 6. The Bertz CT molecular complexity index is 3000. The van der Waals surface area contributed by atoms with Crippen LogP contribution in [0.25, 0.3) is 55.6 Å². The van der Waals surface area contributed by atoms with E-state index in [1.54, 1.807) is 0 Å². The van der Waals surface area contributed by atoms with Gasteiger partial charge in [0.25, 0.3) is 0 Å². The van der Waals surface area contributed by atoms with E-state index >= 15 is 0 Å². The van der Waals surface area contributed by atoms with Crippen molar-refractivity contribution in [1.82, 2.24) is 0 Å². The van der Waals surface area contributed by atoms with Gasteiger partial charge in [0.1, 0.15) is 0 Å². The first-order chi connectivity index (χ1) is 30.7.